The molecule has 1 aromatic rings. The van der Waals surface area contributed by atoms with Crippen LogP contribution < -0.4 is 0 Å². The molecule has 0 N–H and O–H groups in total. The second-order valence-corrected chi connectivity index (χ2v) is 6.18. The van der Waals surface area contributed by atoms with Crippen LogP contribution in [0.3, 0.4) is 0 Å². The van der Waals surface area contributed by atoms with E-state index >= 15 is 0 Å². The molecule has 0 heterocycles. The SMILES string of the molecule is CCC1(C(Cl)Cc2ccc(Cl)cc2)CCCC1. The van der Waals surface area contributed by atoms with Crippen LogP contribution in [-0.4, -0.2) is 5.38 Å². The lowest BCUT2D eigenvalue weighted by Crippen LogP contribution is -2.29. The highest BCUT2D eigenvalue weighted by molar-refractivity contribution is 6.30. The molecule has 1 fully saturated rings. The normalized spacial score (nSPS) is 20.4. The smallest absolute Gasteiger partial charge is 0.0432 e. The first kappa shape index (κ1) is 13.2. The molecule has 1 aliphatic rings. The fourth-order valence-corrected chi connectivity index (χ4v) is 3.69. The molecule has 17 heavy (non-hydrogen) atoms. The van der Waals surface area contributed by atoms with Crippen LogP contribution in [0.4, 0.5) is 0 Å². The minimum absolute atomic E-state index is 0.260. The van der Waals surface area contributed by atoms with E-state index in [2.05, 4.69) is 19.1 Å². The monoisotopic (exact) mass is 270 g/mol. The first-order valence-electron chi connectivity index (χ1n) is 6.55. The van der Waals surface area contributed by atoms with Crippen molar-refractivity contribution >= 4 is 23.2 Å². The molecule has 94 valence electrons. The van der Waals surface area contributed by atoms with Crippen LogP contribution in [-0.2, 0) is 6.42 Å². The van der Waals surface area contributed by atoms with Gasteiger partial charge in [0.15, 0.2) is 0 Å². The van der Waals surface area contributed by atoms with Gasteiger partial charge in [-0.25, -0.2) is 0 Å². The molecule has 0 spiro atoms. The van der Waals surface area contributed by atoms with Crippen molar-refractivity contribution < 1.29 is 0 Å². The van der Waals surface area contributed by atoms with Gasteiger partial charge in [0.1, 0.15) is 0 Å². The molecule has 2 rings (SSSR count). The van der Waals surface area contributed by atoms with Gasteiger partial charge in [-0.3, -0.25) is 0 Å². The van der Waals surface area contributed by atoms with Crippen molar-refractivity contribution in [3.05, 3.63) is 34.9 Å². The highest BCUT2D eigenvalue weighted by Crippen LogP contribution is 2.47. The third kappa shape index (κ3) is 2.98. The zero-order valence-electron chi connectivity index (χ0n) is 10.4. The van der Waals surface area contributed by atoms with Crippen molar-refractivity contribution in [3.63, 3.8) is 0 Å². The van der Waals surface area contributed by atoms with Gasteiger partial charge in [-0.15, -0.1) is 11.6 Å². The van der Waals surface area contributed by atoms with E-state index in [4.69, 9.17) is 23.2 Å². The van der Waals surface area contributed by atoms with Crippen LogP contribution in [0.25, 0.3) is 0 Å². The number of hydrogen-bond donors (Lipinski definition) is 0. The summed E-state index contributed by atoms with van der Waals surface area (Å²) in [6.45, 7) is 2.28. The van der Waals surface area contributed by atoms with E-state index in [-0.39, 0.29) is 5.38 Å². The van der Waals surface area contributed by atoms with Crippen molar-refractivity contribution in [1.82, 2.24) is 0 Å². The molecule has 1 aromatic carbocycles. The molecule has 0 aromatic heterocycles. The molecule has 0 amide bonds. The van der Waals surface area contributed by atoms with Crippen LogP contribution in [0.2, 0.25) is 5.02 Å². The van der Waals surface area contributed by atoms with Gasteiger partial charge in [0.2, 0.25) is 0 Å². The maximum absolute atomic E-state index is 6.69. The average Bonchev–Trinajstić information content (AvgIpc) is 2.82. The summed E-state index contributed by atoms with van der Waals surface area (Å²) in [6, 6.07) is 8.09. The molecule has 0 saturated heterocycles. The van der Waals surface area contributed by atoms with Crippen LogP contribution in [0.1, 0.15) is 44.6 Å². The van der Waals surface area contributed by atoms with Crippen molar-refractivity contribution in [2.75, 3.05) is 0 Å². The van der Waals surface area contributed by atoms with Crippen molar-refractivity contribution in [2.45, 2.75) is 50.8 Å². The van der Waals surface area contributed by atoms with Gasteiger partial charge in [-0.05, 0) is 48.8 Å². The molecule has 1 unspecified atom stereocenters. The predicted molar refractivity (Wildman–Crippen MR) is 76.0 cm³/mol. The van der Waals surface area contributed by atoms with Gasteiger partial charge in [0, 0.05) is 10.4 Å². The molecule has 2 heteroatoms. The Morgan fingerprint density at radius 2 is 1.76 bits per heavy atom. The Morgan fingerprint density at radius 1 is 1.18 bits per heavy atom. The molecule has 0 bridgehead atoms. The van der Waals surface area contributed by atoms with Crippen molar-refractivity contribution in [2.24, 2.45) is 5.41 Å². The lowest BCUT2D eigenvalue weighted by atomic mass is 9.78. The molecular weight excluding hydrogens is 251 g/mol. The van der Waals surface area contributed by atoms with Gasteiger partial charge in [-0.2, -0.15) is 0 Å². The fourth-order valence-electron chi connectivity index (χ4n) is 3.01. The van der Waals surface area contributed by atoms with Gasteiger partial charge >= 0.3 is 0 Å². The Kier molecular flexibility index (Phi) is 4.38. The largest absolute Gasteiger partial charge is 0.122 e. The van der Waals surface area contributed by atoms with Gasteiger partial charge in [-0.1, -0.05) is 43.5 Å². The lowest BCUT2D eigenvalue weighted by Gasteiger charge is -2.33. The minimum Gasteiger partial charge on any atom is -0.122 e. The maximum atomic E-state index is 6.69. The Balaban J connectivity index is 2.05. The summed E-state index contributed by atoms with van der Waals surface area (Å²) in [5.41, 5.74) is 1.68. The topological polar surface area (TPSA) is 0 Å². The lowest BCUT2D eigenvalue weighted by molar-refractivity contribution is 0.267. The average molecular weight is 271 g/mol. The second kappa shape index (κ2) is 5.63. The third-order valence-electron chi connectivity index (χ3n) is 4.30. The van der Waals surface area contributed by atoms with E-state index in [0.29, 0.717) is 5.41 Å². The first-order valence-corrected chi connectivity index (χ1v) is 7.36. The summed E-state index contributed by atoms with van der Waals surface area (Å²) >= 11 is 12.6. The number of benzene rings is 1. The Labute approximate surface area is 114 Å². The van der Waals surface area contributed by atoms with Crippen molar-refractivity contribution in [1.29, 1.82) is 0 Å². The molecule has 0 aliphatic heterocycles. The zero-order chi connectivity index (χ0) is 12.3. The summed E-state index contributed by atoms with van der Waals surface area (Å²) in [4.78, 5) is 0. The number of alkyl halides is 1. The first-order chi connectivity index (χ1) is 8.16. The maximum Gasteiger partial charge on any atom is 0.0432 e. The van der Waals surface area contributed by atoms with E-state index < -0.39 is 0 Å². The summed E-state index contributed by atoms with van der Waals surface area (Å²) in [7, 11) is 0. The number of rotatable bonds is 4. The summed E-state index contributed by atoms with van der Waals surface area (Å²) in [5.74, 6) is 0. The van der Waals surface area contributed by atoms with E-state index in [1.807, 2.05) is 12.1 Å². The fraction of sp³-hybridized carbons (Fsp3) is 0.600. The molecule has 1 saturated carbocycles. The van der Waals surface area contributed by atoms with E-state index in [0.717, 1.165) is 11.4 Å². The van der Waals surface area contributed by atoms with E-state index in [1.54, 1.807) is 0 Å². The zero-order valence-corrected chi connectivity index (χ0v) is 11.9. The summed E-state index contributed by atoms with van der Waals surface area (Å²) < 4.78 is 0. The molecule has 1 atom stereocenters. The van der Waals surface area contributed by atoms with Crippen LogP contribution in [0, 0.1) is 5.41 Å². The van der Waals surface area contributed by atoms with Crippen LogP contribution in [0.15, 0.2) is 24.3 Å². The van der Waals surface area contributed by atoms with Crippen LogP contribution in [0.5, 0.6) is 0 Å². The molecule has 1 aliphatic carbocycles. The Bertz CT molecular complexity index is 350. The van der Waals surface area contributed by atoms with E-state index in [9.17, 15) is 0 Å². The Hall–Kier alpha value is -0.200. The highest BCUT2D eigenvalue weighted by Gasteiger charge is 2.38. The summed E-state index contributed by atoms with van der Waals surface area (Å²) in [5, 5.41) is 1.06. The predicted octanol–water partition coefficient (Wildman–Crippen LogP) is 5.46. The van der Waals surface area contributed by atoms with Gasteiger partial charge < -0.3 is 0 Å². The number of halogens is 2. The molecular formula is C15H20Cl2. The van der Waals surface area contributed by atoms with Crippen LogP contribution >= 0.6 is 23.2 Å². The highest BCUT2D eigenvalue weighted by atomic mass is 35.5. The van der Waals surface area contributed by atoms with Gasteiger partial charge in [0.25, 0.3) is 0 Å². The quantitative estimate of drug-likeness (QED) is 0.638. The second-order valence-electron chi connectivity index (χ2n) is 5.22. The molecule has 0 nitrogen and oxygen atoms in total. The van der Waals surface area contributed by atoms with E-state index in [1.165, 1.54) is 37.7 Å². The standard InChI is InChI=1S/C15H20Cl2/c1-2-15(9-3-4-10-15)14(17)11-12-5-7-13(16)8-6-12/h5-8,14H,2-4,9-11H2,1H3. The number of hydrogen-bond acceptors (Lipinski definition) is 0. The van der Waals surface area contributed by atoms with Gasteiger partial charge in [0.05, 0.1) is 0 Å². The third-order valence-corrected chi connectivity index (χ3v) is 5.17. The summed E-state index contributed by atoms with van der Waals surface area (Å²) in [6.07, 6.45) is 7.45. The molecule has 0 radical (unpaired) electrons. The Morgan fingerprint density at radius 3 is 2.29 bits per heavy atom. The minimum atomic E-state index is 0.260. The van der Waals surface area contributed by atoms with Crippen molar-refractivity contribution in [3.8, 4) is 0 Å².